The minimum Gasteiger partial charge on any atom is -0.385 e. The molecule has 0 radical (unpaired) electrons. The molecule has 0 spiro atoms. The van der Waals surface area contributed by atoms with Crippen LogP contribution in [-0.2, 0) is 24.6 Å². The second kappa shape index (κ2) is 6.41. The fourth-order valence-corrected chi connectivity index (χ4v) is 7.70. The van der Waals surface area contributed by atoms with Crippen LogP contribution in [0.1, 0.15) is 38.3 Å². The molecule has 1 aromatic rings. The Bertz CT molecular complexity index is 785. The molecule has 0 saturated carbocycles. The van der Waals surface area contributed by atoms with Gasteiger partial charge in [-0.2, -0.15) is 0 Å². The van der Waals surface area contributed by atoms with Crippen LogP contribution in [0, 0.1) is 0 Å². The molecule has 23 heavy (non-hydrogen) atoms. The molecule has 0 aliphatic carbocycles. The number of ether oxygens (including phenoxy) is 1. The lowest BCUT2D eigenvalue weighted by Crippen LogP contribution is -2.44. The van der Waals surface area contributed by atoms with Crippen molar-refractivity contribution in [3.63, 3.8) is 0 Å². The maximum Gasteiger partial charge on any atom is 0.247 e. The molecule has 2 atom stereocenters. The van der Waals surface area contributed by atoms with Crippen molar-refractivity contribution in [2.75, 3.05) is 20.3 Å². The molecule has 2 unspecified atom stereocenters. The van der Waals surface area contributed by atoms with Gasteiger partial charge in [-0.25, -0.2) is 22.0 Å². The number of hydrogen-bond acceptors (Lipinski definition) is 7. The zero-order valence-electron chi connectivity index (χ0n) is 13.3. The molecule has 0 bridgehead atoms. The van der Waals surface area contributed by atoms with Gasteiger partial charge in [-0.3, -0.25) is 0 Å². The van der Waals surface area contributed by atoms with Gasteiger partial charge in [0.05, 0.1) is 10.8 Å². The molecule has 0 aromatic carbocycles. The summed E-state index contributed by atoms with van der Waals surface area (Å²) < 4.78 is 53.1. The van der Waals surface area contributed by atoms with Crippen molar-refractivity contribution in [1.29, 1.82) is 0 Å². The number of nitrogens with one attached hydrogen (secondary N) is 1. The fourth-order valence-electron chi connectivity index (χ4n) is 2.81. The second-order valence-corrected chi connectivity index (χ2v) is 11.2. The first-order valence-electron chi connectivity index (χ1n) is 7.23. The van der Waals surface area contributed by atoms with Crippen LogP contribution in [0.3, 0.4) is 0 Å². The number of sulfone groups is 1. The van der Waals surface area contributed by atoms with E-state index < -0.39 is 30.6 Å². The van der Waals surface area contributed by atoms with Crippen LogP contribution in [0.4, 0.5) is 0 Å². The highest BCUT2D eigenvalue weighted by atomic mass is 32.3. The molecule has 0 fully saturated rings. The topological polar surface area (TPSA) is 116 Å². The Hall–Kier alpha value is -0.520. The summed E-state index contributed by atoms with van der Waals surface area (Å²) in [7, 11) is -6.09. The van der Waals surface area contributed by atoms with E-state index in [1.54, 1.807) is 6.92 Å². The van der Waals surface area contributed by atoms with Gasteiger partial charge in [0.2, 0.25) is 10.0 Å². The monoisotopic (exact) mass is 382 g/mol. The zero-order chi connectivity index (χ0) is 17.5. The van der Waals surface area contributed by atoms with Gasteiger partial charge in [0.15, 0.2) is 9.84 Å². The highest BCUT2D eigenvalue weighted by Gasteiger charge is 2.56. The van der Waals surface area contributed by atoms with E-state index in [-0.39, 0.29) is 8.42 Å². The Labute approximate surface area is 141 Å². The first-order valence-corrected chi connectivity index (χ1v) is 11.1. The summed E-state index contributed by atoms with van der Waals surface area (Å²) in [6.45, 7) is 4.59. The van der Waals surface area contributed by atoms with Crippen LogP contribution in [0.25, 0.3) is 0 Å². The molecule has 0 amide bonds. The molecule has 3 N–H and O–H groups in total. The maximum atomic E-state index is 13.0. The minimum atomic E-state index is -3.93. The maximum absolute atomic E-state index is 13.0. The highest BCUT2D eigenvalue weighted by Crippen LogP contribution is 2.52. The summed E-state index contributed by atoms with van der Waals surface area (Å²) in [5.41, 5.74) is 0.492. The fraction of sp³-hybridized carbons (Fsp3) is 0.692. The predicted molar refractivity (Wildman–Crippen MR) is 88.8 cm³/mol. The van der Waals surface area contributed by atoms with Crippen molar-refractivity contribution in [3.05, 3.63) is 11.6 Å². The normalized spacial score (nSPS) is 26.3. The van der Waals surface area contributed by atoms with Gasteiger partial charge in [0.25, 0.3) is 0 Å². The Morgan fingerprint density at radius 3 is 2.65 bits per heavy atom. The van der Waals surface area contributed by atoms with E-state index in [0.717, 1.165) is 17.8 Å². The molecule has 10 heteroatoms. The smallest absolute Gasteiger partial charge is 0.247 e. The Kier molecular flexibility index (Phi) is 5.25. The quantitative estimate of drug-likeness (QED) is 0.727. The summed E-state index contributed by atoms with van der Waals surface area (Å²) in [5, 5.41) is 8.39. The van der Waals surface area contributed by atoms with Crippen molar-refractivity contribution >= 4 is 31.2 Å². The van der Waals surface area contributed by atoms with Gasteiger partial charge in [0.1, 0.15) is 8.42 Å². The average Bonchev–Trinajstić information content (AvgIpc) is 2.95. The van der Waals surface area contributed by atoms with E-state index in [4.69, 9.17) is 9.88 Å². The van der Waals surface area contributed by atoms with Crippen molar-refractivity contribution in [2.24, 2.45) is 5.14 Å². The van der Waals surface area contributed by atoms with E-state index >= 15 is 0 Å². The lowest BCUT2D eigenvalue weighted by molar-refractivity contribution is 0.177. The van der Waals surface area contributed by atoms with Crippen LogP contribution in [0.2, 0.25) is 0 Å². The third-order valence-electron chi connectivity index (χ3n) is 4.16. The average molecular weight is 383 g/mol. The van der Waals surface area contributed by atoms with Gasteiger partial charge in [-0.1, -0.05) is 6.92 Å². The van der Waals surface area contributed by atoms with Crippen LogP contribution >= 0.6 is 11.3 Å². The molecule has 0 saturated heterocycles. The van der Waals surface area contributed by atoms with E-state index in [2.05, 4.69) is 5.32 Å². The van der Waals surface area contributed by atoms with Gasteiger partial charge in [0, 0.05) is 19.3 Å². The summed E-state index contributed by atoms with van der Waals surface area (Å²) >= 11 is 0.727. The molecule has 7 nitrogen and oxygen atoms in total. The van der Waals surface area contributed by atoms with Gasteiger partial charge in [-0.05, 0) is 32.4 Å². The van der Waals surface area contributed by atoms with E-state index in [9.17, 15) is 16.8 Å². The lowest BCUT2D eigenvalue weighted by Gasteiger charge is -2.31. The number of hydrogen-bond donors (Lipinski definition) is 2. The van der Waals surface area contributed by atoms with E-state index in [1.165, 1.54) is 13.2 Å². The number of thiophene rings is 1. The molecular weight excluding hydrogens is 360 g/mol. The first-order chi connectivity index (χ1) is 10.6. The number of nitrogens with two attached hydrogens (primary N) is 1. The second-order valence-electron chi connectivity index (χ2n) is 5.80. The summed E-state index contributed by atoms with van der Waals surface area (Å²) in [5.74, 6) is 0. The predicted octanol–water partition coefficient (Wildman–Crippen LogP) is 1.02. The van der Waals surface area contributed by atoms with Gasteiger partial charge in [-0.15, -0.1) is 11.3 Å². The largest absolute Gasteiger partial charge is 0.385 e. The van der Waals surface area contributed by atoms with Crippen LogP contribution in [0.5, 0.6) is 0 Å². The van der Waals surface area contributed by atoms with E-state index in [1.807, 2.05) is 6.92 Å². The number of rotatable bonds is 7. The molecule has 1 aromatic heterocycles. The molecule has 1 aliphatic heterocycles. The lowest BCUT2D eigenvalue weighted by atomic mass is 9.93. The molecule has 2 heterocycles. The standard InChI is InChI=1S/C13H22N2O5S3/c1-4-6-15-11-9-8-10(23(14,18)19)21-12(9)22(16,17)13(11,2)5-7-20-3/h8,11,15H,4-7H2,1-3H3,(H2,14,18,19). The minimum absolute atomic E-state index is 0.0914. The summed E-state index contributed by atoms with van der Waals surface area (Å²) in [6, 6.07) is 0.905. The highest BCUT2D eigenvalue weighted by molar-refractivity contribution is 7.96. The SMILES string of the molecule is CCCNC1c2cc(S(N)(=O)=O)sc2S(=O)(=O)C1(C)CCOC. The van der Waals surface area contributed by atoms with Gasteiger partial charge >= 0.3 is 0 Å². The number of sulfonamides is 1. The van der Waals surface area contributed by atoms with Crippen molar-refractivity contribution in [1.82, 2.24) is 5.32 Å². The number of fused-ring (bicyclic) bond motifs is 1. The number of primary sulfonamides is 1. The molecular formula is C13H22N2O5S3. The summed E-state index contributed by atoms with van der Waals surface area (Å²) in [4.78, 5) is 0. The Morgan fingerprint density at radius 1 is 1.48 bits per heavy atom. The molecule has 132 valence electrons. The van der Waals surface area contributed by atoms with Crippen LogP contribution < -0.4 is 10.5 Å². The third kappa shape index (κ3) is 3.08. The van der Waals surface area contributed by atoms with Gasteiger partial charge < -0.3 is 10.1 Å². The van der Waals surface area contributed by atoms with Crippen LogP contribution in [0.15, 0.2) is 14.5 Å². The van der Waals surface area contributed by atoms with Crippen molar-refractivity contribution in [2.45, 2.75) is 45.9 Å². The van der Waals surface area contributed by atoms with Crippen molar-refractivity contribution in [3.8, 4) is 0 Å². The Morgan fingerprint density at radius 2 is 2.13 bits per heavy atom. The summed E-state index contributed by atoms with van der Waals surface area (Å²) in [6.07, 6.45) is 1.15. The zero-order valence-corrected chi connectivity index (χ0v) is 15.8. The van der Waals surface area contributed by atoms with E-state index in [0.29, 0.717) is 25.1 Å². The molecule has 2 rings (SSSR count). The molecule has 1 aliphatic rings. The number of methoxy groups -OCH3 is 1. The third-order valence-corrected chi connectivity index (χ3v) is 9.83. The Balaban J connectivity index is 2.58. The van der Waals surface area contributed by atoms with Crippen LogP contribution in [-0.4, -0.2) is 41.8 Å². The first kappa shape index (κ1) is 18.8. The van der Waals surface area contributed by atoms with Crippen molar-refractivity contribution < 1.29 is 21.6 Å².